The smallest absolute Gasteiger partial charge is 0.325 e. The second-order valence-electron chi connectivity index (χ2n) is 5.56. The van der Waals surface area contributed by atoms with Crippen LogP contribution in [0.15, 0.2) is 23.5 Å². The maximum atomic E-state index is 11.6. The minimum absolute atomic E-state index is 0. The van der Waals surface area contributed by atoms with Crippen LogP contribution in [0.25, 0.3) is 0 Å². The van der Waals surface area contributed by atoms with Gasteiger partial charge in [0.2, 0.25) is 0 Å². The molecule has 0 radical (unpaired) electrons. The van der Waals surface area contributed by atoms with Gasteiger partial charge in [0.15, 0.2) is 5.96 Å². The van der Waals surface area contributed by atoms with Gasteiger partial charge >= 0.3 is 5.97 Å². The second-order valence-corrected chi connectivity index (χ2v) is 5.56. The monoisotopic (exact) mass is 423 g/mol. The van der Waals surface area contributed by atoms with Crippen molar-refractivity contribution in [3.63, 3.8) is 0 Å². The number of aryl methyl sites for hydroxylation is 1. The Balaban J connectivity index is 0.00000441. The number of guanidine groups is 1. The van der Waals surface area contributed by atoms with E-state index in [1.807, 2.05) is 37.7 Å². The molecule has 0 fully saturated rings. The fourth-order valence-corrected chi connectivity index (χ4v) is 1.63. The van der Waals surface area contributed by atoms with Crippen LogP contribution in [0.3, 0.4) is 0 Å². The summed E-state index contributed by atoms with van der Waals surface area (Å²) in [6.07, 6.45) is 4.60. The van der Waals surface area contributed by atoms with Crippen LogP contribution in [0.1, 0.15) is 27.2 Å². The highest BCUT2D eigenvalue weighted by molar-refractivity contribution is 14.0. The first-order valence-electron chi connectivity index (χ1n) is 7.04. The van der Waals surface area contributed by atoms with Gasteiger partial charge in [0.05, 0.1) is 0 Å². The van der Waals surface area contributed by atoms with Gasteiger partial charge in [-0.1, -0.05) is 0 Å². The molecule has 7 nitrogen and oxygen atoms in total. The molecule has 0 saturated carbocycles. The van der Waals surface area contributed by atoms with E-state index in [9.17, 15) is 4.79 Å². The van der Waals surface area contributed by atoms with Gasteiger partial charge < -0.3 is 15.4 Å². The third kappa shape index (κ3) is 9.59. The molecular formula is C14H26IN5O2. The molecule has 0 bridgehead atoms. The van der Waals surface area contributed by atoms with Crippen LogP contribution in [0, 0.1) is 0 Å². The maximum absolute atomic E-state index is 11.6. The molecule has 0 aliphatic heterocycles. The lowest BCUT2D eigenvalue weighted by molar-refractivity contribution is -0.153. The predicted molar refractivity (Wildman–Crippen MR) is 97.5 cm³/mol. The number of carbonyl (C=O) groups excluding carboxylic acids is 1. The largest absolute Gasteiger partial charge is 0.459 e. The van der Waals surface area contributed by atoms with E-state index in [1.165, 1.54) is 0 Å². The van der Waals surface area contributed by atoms with Crippen molar-refractivity contribution in [2.45, 2.75) is 39.3 Å². The van der Waals surface area contributed by atoms with E-state index in [0.717, 1.165) is 19.5 Å². The Morgan fingerprint density at radius 1 is 1.36 bits per heavy atom. The number of ether oxygens (including phenoxy) is 1. The normalized spacial score (nSPS) is 11.5. The summed E-state index contributed by atoms with van der Waals surface area (Å²) in [7, 11) is 1.66. The molecule has 0 atom stereocenters. The first-order chi connectivity index (χ1) is 9.90. The van der Waals surface area contributed by atoms with E-state index in [-0.39, 0.29) is 36.5 Å². The molecule has 0 aliphatic rings. The van der Waals surface area contributed by atoms with Gasteiger partial charge in [0.1, 0.15) is 12.1 Å². The first kappa shape index (κ1) is 20.7. The Morgan fingerprint density at radius 3 is 2.64 bits per heavy atom. The molecule has 1 aromatic heterocycles. The van der Waals surface area contributed by atoms with Gasteiger partial charge in [-0.15, -0.1) is 24.0 Å². The highest BCUT2D eigenvalue weighted by Gasteiger charge is 2.16. The summed E-state index contributed by atoms with van der Waals surface area (Å²) in [4.78, 5) is 15.6. The molecule has 0 amide bonds. The van der Waals surface area contributed by atoms with E-state index < -0.39 is 5.60 Å². The summed E-state index contributed by atoms with van der Waals surface area (Å²) in [6, 6.07) is 1.90. The topological polar surface area (TPSA) is 80.5 Å². The summed E-state index contributed by atoms with van der Waals surface area (Å²) in [5.74, 6) is 0.281. The lowest BCUT2D eigenvalue weighted by Gasteiger charge is -2.20. The fourth-order valence-electron chi connectivity index (χ4n) is 1.63. The number of aliphatic imine (C=N–C) groups is 1. The number of halogens is 1. The molecule has 22 heavy (non-hydrogen) atoms. The van der Waals surface area contributed by atoms with Crippen molar-refractivity contribution in [3.05, 3.63) is 18.5 Å². The third-order valence-electron chi connectivity index (χ3n) is 2.46. The Bertz CT molecular complexity index is 454. The highest BCUT2D eigenvalue weighted by atomic mass is 127. The average molecular weight is 423 g/mol. The molecule has 1 rings (SSSR count). The fraction of sp³-hybridized carbons (Fsp3) is 0.643. The molecule has 2 N–H and O–H groups in total. The number of aromatic nitrogens is 2. The molecule has 1 heterocycles. The Labute approximate surface area is 148 Å². The number of rotatable bonds is 6. The van der Waals surface area contributed by atoms with E-state index in [2.05, 4.69) is 20.7 Å². The minimum atomic E-state index is -0.473. The van der Waals surface area contributed by atoms with E-state index in [0.29, 0.717) is 5.96 Å². The summed E-state index contributed by atoms with van der Waals surface area (Å²) in [6.45, 7) is 7.20. The number of nitrogens with one attached hydrogen (secondary N) is 2. The molecule has 0 saturated heterocycles. The number of nitrogens with zero attached hydrogens (tertiary/aromatic N) is 3. The van der Waals surface area contributed by atoms with Crippen LogP contribution < -0.4 is 10.6 Å². The van der Waals surface area contributed by atoms with E-state index in [4.69, 9.17) is 4.74 Å². The lowest BCUT2D eigenvalue weighted by Crippen LogP contribution is -2.42. The number of carbonyl (C=O) groups is 1. The molecule has 0 spiro atoms. The molecule has 1 aromatic rings. The van der Waals surface area contributed by atoms with Crippen molar-refractivity contribution in [2.75, 3.05) is 20.1 Å². The SMILES string of the molecule is CN=C(NCCCn1cccn1)NCC(=O)OC(C)(C)C.I. The van der Waals surface area contributed by atoms with Crippen molar-refractivity contribution in [3.8, 4) is 0 Å². The lowest BCUT2D eigenvalue weighted by atomic mass is 10.2. The first-order valence-corrected chi connectivity index (χ1v) is 7.04. The standard InChI is InChI=1S/C14H25N5O2.HI/c1-14(2,3)21-12(20)11-17-13(15-4)16-7-5-9-19-10-6-8-18-19;/h6,8,10H,5,7,9,11H2,1-4H3,(H2,15,16,17);1H. The summed E-state index contributed by atoms with van der Waals surface area (Å²) in [5, 5.41) is 10.2. The molecular weight excluding hydrogens is 397 g/mol. The Hall–Kier alpha value is -1.32. The van der Waals surface area contributed by atoms with Crippen molar-refractivity contribution in [1.82, 2.24) is 20.4 Å². The molecule has 0 unspecified atom stereocenters. The quantitative estimate of drug-likeness (QED) is 0.238. The van der Waals surface area contributed by atoms with Crippen LogP contribution in [0.5, 0.6) is 0 Å². The zero-order valence-corrected chi connectivity index (χ0v) is 16.0. The highest BCUT2D eigenvalue weighted by Crippen LogP contribution is 2.06. The van der Waals surface area contributed by atoms with Gasteiger partial charge in [0.25, 0.3) is 0 Å². The van der Waals surface area contributed by atoms with Crippen molar-refractivity contribution in [2.24, 2.45) is 4.99 Å². The zero-order valence-electron chi connectivity index (χ0n) is 13.6. The van der Waals surface area contributed by atoms with Crippen LogP contribution in [-0.2, 0) is 16.1 Å². The van der Waals surface area contributed by atoms with Crippen LogP contribution in [-0.4, -0.2) is 47.4 Å². The second kappa shape index (κ2) is 10.4. The minimum Gasteiger partial charge on any atom is -0.459 e. The zero-order chi connectivity index (χ0) is 15.7. The summed E-state index contributed by atoms with van der Waals surface area (Å²) < 4.78 is 7.08. The van der Waals surface area contributed by atoms with Crippen molar-refractivity contribution in [1.29, 1.82) is 0 Å². The third-order valence-corrected chi connectivity index (χ3v) is 2.46. The Kier molecular flexibility index (Phi) is 9.79. The molecule has 0 aliphatic carbocycles. The predicted octanol–water partition coefficient (Wildman–Crippen LogP) is 1.40. The van der Waals surface area contributed by atoms with E-state index >= 15 is 0 Å². The van der Waals surface area contributed by atoms with Crippen molar-refractivity contribution < 1.29 is 9.53 Å². The number of hydrogen-bond acceptors (Lipinski definition) is 4. The molecule has 126 valence electrons. The van der Waals surface area contributed by atoms with Crippen LogP contribution in [0.4, 0.5) is 0 Å². The van der Waals surface area contributed by atoms with Gasteiger partial charge in [0, 0.05) is 32.5 Å². The summed E-state index contributed by atoms with van der Waals surface area (Å²) >= 11 is 0. The van der Waals surface area contributed by atoms with Crippen LogP contribution in [0.2, 0.25) is 0 Å². The maximum Gasteiger partial charge on any atom is 0.325 e. The number of hydrogen-bond donors (Lipinski definition) is 2. The van der Waals surface area contributed by atoms with E-state index in [1.54, 1.807) is 13.2 Å². The molecule has 0 aromatic carbocycles. The van der Waals surface area contributed by atoms with Gasteiger partial charge in [-0.3, -0.25) is 14.5 Å². The van der Waals surface area contributed by atoms with Gasteiger partial charge in [-0.2, -0.15) is 5.10 Å². The average Bonchev–Trinajstić information content (AvgIpc) is 2.89. The van der Waals surface area contributed by atoms with Crippen molar-refractivity contribution >= 4 is 35.9 Å². The van der Waals surface area contributed by atoms with Crippen LogP contribution >= 0.6 is 24.0 Å². The number of esters is 1. The molecule has 8 heteroatoms. The summed E-state index contributed by atoms with van der Waals surface area (Å²) in [5.41, 5.74) is -0.473. The van der Waals surface area contributed by atoms with Gasteiger partial charge in [-0.25, -0.2) is 0 Å². The Morgan fingerprint density at radius 2 is 2.09 bits per heavy atom. The van der Waals surface area contributed by atoms with Gasteiger partial charge in [-0.05, 0) is 33.3 Å².